The van der Waals surface area contributed by atoms with Crippen molar-refractivity contribution < 1.29 is 9.59 Å². The molecule has 0 fully saturated rings. The SMILES string of the molecule is CN1N=CCC1C(=O)N[C@H](C(=O)Nc1ccc(-c2cncn2C)cc1)[C@@H]1CCc2ccc(Br)cc21. The summed E-state index contributed by atoms with van der Waals surface area (Å²) in [4.78, 5) is 30.9. The van der Waals surface area contributed by atoms with Crippen LogP contribution in [-0.4, -0.2) is 51.7 Å². The number of nitrogens with one attached hydrogen (secondary N) is 2. The first-order valence-corrected chi connectivity index (χ1v) is 12.4. The number of imidazole rings is 1. The van der Waals surface area contributed by atoms with Crippen molar-refractivity contribution in [1.82, 2.24) is 19.9 Å². The van der Waals surface area contributed by atoms with Gasteiger partial charge in [0.25, 0.3) is 0 Å². The zero-order chi connectivity index (χ0) is 24.5. The van der Waals surface area contributed by atoms with Crippen molar-refractivity contribution in [3.8, 4) is 11.3 Å². The Morgan fingerprint density at radius 2 is 1.94 bits per heavy atom. The fraction of sp³-hybridized carbons (Fsp3) is 0.308. The molecule has 8 nitrogen and oxygen atoms in total. The van der Waals surface area contributed by atoms with Crippen molar-refractivity contribution in [2.24, 2.45) is 12.1 Å². The highest BCUT2D eigenvalue weighted by Crippen LogP contribution is 2.37. The Bertz CT molecular complexity index is 1290. The number of amides is 2. The van der Waals surface area contributed by atoms with Gasteiger partial charge < -0.3 is 15.2 Å². The van der Waals surface area contributed by atoms with E-state index < -0.39 is 12.1 Å². The van der Waals surface area contributed by atoms with Crippen LogP contribution in [0.2, 0.25) is 0 Å². The minimum Gasteiger partial charge on any atom is -0.342 e. The average molecular weight is 535 g/mol. The molecule has 0 radical (unpaired) electrons. The van der Waals surface area contributed by atoms with E-state index in [9.17, 15) is 9.59 Å². The number of halogens is 1. The lowest BCUT2D eigenvalue weighted by Crippen LogP contribution is -2.52. The second kappa shape index (κ2) is 9.65. The summed E-state index contributed by atoms with van der Waals surface area (Å²) in [6.45, 7) is 0. The number of hydrogen-bond acceptors (Lipinski definition) is 5. The summed E-state index contributed by atoms with van der Waals surface area (Å²) in [5.74, 6) is -0.543. The minimum absolute atomic E-state index is 0.118. The zero-order valence-corrected chi connectivity index (χ0v) is 21.2. The number of carbonyl (C=O) groups excluding carboxylic acids is 2. The van der Waals surface area contributed by atoms with Crippen LogP contribution < -0.4 is 10.6 Å². The summed E-state index contributed by atoms with van der Waals surface area (Å²) in [6, 6.07) is 12.7. The van der Waals surface area contributed by atoms with Crippen LogP contribution in [0.15, 0.2) is 64.6 Å². The lowest BCUT2D eigenvalue weighted by Gasteiger charge is -2.27. The van der Waals surface area contributed by atoms with Crippen LogP contribution in [0, 0.1) is 0 Å². The molecule has 9 heteroatoms. The van der Waals surface area contributed by atoms with Crippen LogP contribution in [0.5, 0.6) is 0 Å². The quantitative estimate of drug-likeness (QED) is 0.504. The third kappa shape index (κ3) is 4.73. The number of rotatable bonds is 6. The molecule has 0 bridgehead atoms. The first-order chi connectivity index (χ1) is 16.9. The summed E-state index contributed by atoms with van der Waals surface area (Å²) < 4.78 is 2.90. The van der Waals surface area contributed by atoms with Gasteiger partial charge in [0.2, 0.25) is 11.8 Å². The topological polar surface area (TPSA) is 91.6 Å². The lowest BCUT2D eigenvalue weighted by atomic mass is 9.92. The average Bonchev–Trinajstić information content (AvgIpc) is 3.57. The van der Waals surface area contributed by atoms with Gasteiger partial charge in [-0.3, -0.25) is 14.6 Å². The summed E-state index contributed by atoms with van der Waals surface area (Å²) in [5.41, 5.74) is 4.99. The number of likely N-dealkylation sites (N-methyl/N-ethyl adjacent to an activating group) is 1. The Morgan fingerprint density at radius 3 is 2.63 bits per heavy atom. The van der Waals surface area contributed by atoms with Crippen molar-refractivity contribution in [2.45, 2.75) is 37.3 Å². The normalized spacial score (nSPS) is 19.5. The summed E-state index contributed by atoms with van der Waals surface area (Å²) >= 11 is 3.56. The van der Waals surface area contributed by atoms with Gasteiger partial charge in [0.15, 0.2) is 0 Å². The van der Waals surface area contributed by atoms with E-state index in [0.717, 1.165) is 34.1 Å². The minimum atomic E-state index is -0.705. The Morgan fingerprint density at radius 1 is 1.14 bits per heavy atom. The van der Waals surface area contributed by atoms with Gasteiger partial charge in [-0.25, -0.2) is 4.98 Å². The predicted octanol–water partition coefficient (Wildman–Crippen LogP) is 3.69. The number of aryl methyl sites for hydroxylation is 2. The number of nitrogens with zero attached hydrogens (tertiary/aromatic N) is 4. The third-order valence-corrected chi connectivity index (χ3v) is 7.32. The predicted molar refractivity (Wildman–Crippen MR) is 139 cm³/mol. The second-order valence-electron chi connectivity index (χ2n) is 9.05. The molecule has 2 N–H and O–H groups in total. The maximum absolute atomic E-state index is 13.6. The highest BCUT2D eigenvalue weighted by molar-refractivity contribution is 9.10. The van der Waals surface area contributed by atoms with E-state index in [2.05, 4.69) is 48.8 Å². The molecule has 180 valence electrons. The van der Waals surface area contributed by atoms with Crippen LogP contribution in [-0.2, 0) is 23.1 Å². The summed E-state index contributed by atoms with van der Waals surface area (Å²) in [7, 11) is 3.71. The Hall–Kier alpha value is -3.46. The highest BCUT2D eigenvalue weighted by Gasteiger charge is 2.38. The van der Waals surface area contributed by atoms with E-state index in [1.165, 1.54) is 5.56 Å². The molecule has 2 aromatic carbocycles. The monoisotopic (exact) mass is 534 g/mol. The smallest absolute Gasteiger partial charge is 0.247 e. The van der Waals surface area contributed by atoms with Crippen LogP contribution in [0.3, 0.4) is 0 Å². The number of benzene rings is 2. The first-order valence-electron chi connectivity index (χ1n) is 11.6. The molecule has 3 aromatic rings. The lowest BCUT2D eigenvalue weighted by molar-refractivity contribution is -0.130. The molecule has 3 atom stereocenters. The van der Waals surface area contributed by atoms with Crippen LogP contribution >= 0.6 is 15.9 Å². The fourth-order valence-corrected chi connectivity index (χ4v) is 5.29. The third-order valence-electron chi connectivity index (χ3n) is 6.83. The standard InChI is InChI=1S/C26H27BrN6O2/c1-32-15-28-14-23(32)17-4-8-19(9-5-17)30-26(35)24(31-25(34)22-11-12-29-33(22)2)20-10-6-16-3-7-18(27)13-21(16)20/h3-5,7-9,12-15,20,22,24H,6,10-11H2,1-2H3,(H,30,35)(H,31,34)/t20-,22?,24+/m1/s1. The molecule has 0 saturated carbocycles. The maximum atomic E-state index is 13.6. The van der Waals surface area contributed by atoms with E-state index in [0.29, 0.717) is 12.1 Å². The van der Waals surface area contributed by atoms with Crippen molar-refractivity contribution >= 4 is 39.6 Å². The molecule has 2 amide bonds. The Kier molecular flexibility index (Phi) is 6.42. The van der Waals surface area contributed by atoms with Gasteiger partial charge in [-0.2, -0.15) is 5.10 Å². The molecule has 1 aliphatic heterocycles. The zero-order valence-electron chi connectivity index (χ0n) is 19.6. The molecule has 2 aliphatic rings. The largest absolute Gasteiger partial charge is 0.342 e. The van der Waals surface area contributed by atoms with E-state index in [1.54, 1.807) is 30.8 Å². The number of carbonyl (C=O) groups is 2. The number of aromatic nitrogens is 2. The van der Waals surface area contributed by atoms with Crippen LogP contribution in [0.1, 0.15) is 29.9 Å². The van der Waals surface area contributed by atoms with Gasteiger partial charge >= 0.3 is 0 Å². The Labute approximate surface area is 212 Å². The molecular formula is C26H27BrN6O2. The van der Waals surface area contributed by atoms with Crippen molar-refractivity contribution in [1.29, 1.82) is 0 Å². The fourth-order valence-electron chi connectivity index (χ4n) is 4.91. The maximum Gasteiger partial charge on any atom is 0.247 e. The number of anilines is 1. The highest BCUT2D eigenvalue weighted by atomic mass is 79.9. The number of hydrazone groups is 1. The van der Waals surface area contributed by atoms with E-state index >= 15 is 0 Å². The molecule has 1 aliphatic carbocycles. The Balaban J connectivity index is 1.38. The first kappa shape index (κ1) is 23.3. The van der Waals surface area contributed by atoms with Crippen molar-refractivity contribution in [3.05, 3.63) is 70.6 Å². The molecule has 2 heterocycles. The molecule has 1 aromatic heterocycles. The van der Waals surface area contributed by atoms with Gasteiger partial charge in [-0.15, -0.1) is 0 Å². The van der Waals surface area contributed by atoms with Gasteiger partial charge in [0.1, 0.15) is 12.1 Å². The summed E-state index contributed by atoms with van der Waals surface area (Å²) in [5, 5.41) is 11.9. The molecular weight excluding hydrogens is 508 g/mol. The number of fused-ring (bicyclic) bond motifs is 1. The van der Waals surface area contributed by atoms with Crippen molar-refractivity contribution in [2.75, 3.05) is 12.4 Å². The van der Waals surface area contributed by atoms with Gasteiger partial charge in [0.05, 0.1) is 18.2 Å². The van der Waals surface area contributed by atoms with E-state index in [1.807, 2.05) is 41.9 Å². The number of hydrogen-bond donors (Lipinski definition) is 2. The van der Waals surface area contributed by atoms with Gasteiger partial charge in [-0.1, -0.05) is 34.1 Å². The molecule has 35 heavy (non-hydrogen) atoms. The molecule has 1 unspecified atom stereocenters. The van der Waals surface area contributed by atoms with Crippen molar-refractivity contribution in [3.63, 3.8) is 0 Å². The molecule has 0 saturated heterocycles. The van der Waals surface area contributed by atoms with E-state index in [4.69, 9.17) is 0 Å². The van der Waals surface area contributed by atoms with Crippen LogP contribution in [0.25, 0.3) is 11.3 Å². The molecule has 5 rings (SSSR count). The van der Waals surface area contributed by atoms with E-state index in [-0.39, 0.29) is 17.7 Å². The molecule has 0 spiro atoms. The van der Waals surface area contributed by atoms with Gasteiger partial charge in [0, 0.05) is 42.8 Å². The van der Waals surface area contributed by atoms with Crippen LogP contribution in [0.4, 0.5) is 5.69 Å². The second-order valence-corrected chi connectivity index (χ2v) is 9.97. The summed E-state index contributed by atoms with van der Waals surface area (Å²) in [6.07, 6.45) is 7.48. The van der Waals surface area contributed by atoms with Gasteiger partial charge in [-0.05, 0) is 53.8 Å².